The van der Waals surface area contributed by atoms with Crippen molar-refractivity contribution < 1.29 is 0 Å². The average Bonchev–Trinajstić information content (AvgIpc) is 3.47. The number of anilines is 4. The number of nitrogens with one attached hydrogen (secondary N) is 2. The van der Waals surface area contributed by atoms with Gasteiger partial charge in [-0.1, -0.05) is 30.3 Å². The molecule has 5 nitrogen and oxygen atoms in total. The first-order valence-electron chi connectivity index (χ1n) is 8.93. The zero-order valence-electron chi connectivity index (χ0n) is 15.1. The van der Waals surface area contributed by atoms with Crippen molar-refractivity contribution in [2.24, 2.45) is 0 Å². The highest BCUT2D eigenvalue weighted by Crippen LogP contribution is 2.28. The molecule has 1 aliphatic carbocycles. The van der Waals surface area contributed by atoms with Gasteiger partial charge in [-0.2, -0.15) is 0 Å². The second-order valence-electron chi connectivity index (χ2n) is 6.81. The summed E-state index contributed by atoms with van der Waals surface area (Å²) >= 11 is 0. The van der Waals surface area contributed by atoms with Crippen LogP contribution in [0.2, 0.25) is 0 Å². The molecule has 0 bridgehead atoms. The summed E-state index contributed by atoms with van der Waals surface area (Å²) in [5.41, 5.74) is 3.18. The minimum Gasteiger partial charge on any atom is -0.378 e. The summed E-state index contributed by atoms with van der Waals surface area (Å²) in [6.45, 7) is 0. The monoisotopic (exact) mass is 345 g/mol. The van der Waals surface area contributed by atoms with Crippen LogP contribution in [0.25, 0.3) is 11.4 Å². The topological polar surface area (TPSA) is 53.1 Å². The van der Waals surface area contributed by atoms with Crippen LogP contribution in [0.15, 0.2) is 60.7 Å². The minimum absolute atomic E-state index is 0.542. The summed E-state index contributed by atoms with van der Waals surface area (Å²) in [5.74, 6) is 2.39. The Balaban J connectivity index is 1.63. The number of rotatable bonds is 6. The second-order valence-corrected chi connectivity index (χ2v) is 6.81. The fourth-order valence-electron chi connectivity index (χ4n) is 2.73. The van der Waals surface area contributed by atoms with Gasteiger partial charge in [0.15, 0.2) is 5.82 Å². The van der Waals surface area contributed by atoms with Crippen molar-refractivity contribution in [3.05, 3.63) is 60.7 Å². The molecule has 4 rings (SSSR count). The molecule has 132 valence electrons. The van der Waals surface area contributed by atoms with Crippen LogP contribution in [0.4, 0.5) is 23.0 Å². The zero-order chi connectivity index (χ0) is 17.9. The average molecular weight is 345 g/mol. The molecule has 1 heterocycles. The van der Waals surface area contributed by atoms with Gasteiger partial charge in [-0.3, -0.25) is 0 Å². The van der Waals surface area contributed by atoms with Gasteiger partial charge in [0.1, 0.15) is 11.6 Å². The SMILES string of the molecule is CN(C)c1ccc(Nc2cc(NC3CC3)nc(-c3ccccc3)n2)cc1. The first kappa shape index (κ1) is 16.4. The fourth-order valence-corrected chi connectivity index (χ4v) is 2.73. The van der Waals surface area contributed by atoms with Crippen LogP contribution in [0.3, 0.4) is 0 Å². The fraction of sp³-hybridized carbons (Fsp3) is 0.238. The van der Waals surface area contributed by atoms with E-state index in [1.807, 2.05) is 50.5 Å². The van der Waals surface area contributed by atoms with Gasteiger partial charge in [-0.05, 0) is 37.1 Å². The lowest BCUT2D eigenvalue weighted by atomic mass is 10.2. The highest BCUT2D eigenvalue weighted by atomic mass is 15.1. The number of hydrogen-bond donors (Lipinski definition) is 2. The Bertz CT molecular complexity index is 871. The third-order valence-electron chi connectivity index (χ3n) is 4.34. The number of aromatic nitrogens is 2. The standard InChI is InChI=1S/C21H23N5/c1-26(2)18-12-10-17(11-13-18)23-20-14-19(22-16-8-9-16)24-21(25-20)15-6-4-3-5-7-15/h3-7,10-14,16H,8-9H2,1-2H3,(H2,22,23,24,25). The quantitative estimate of drug-likeness (QED) is 0.687. The lowest BCUT2D eigenvalue weighted by Crippen LogP contribution is -2.08. The highest BCUT2D eigenvalue weighted by Gasteiger charge is 2.22. The molecule has 1 aromatic heterocycles. The Labute approximate surface area is 154 Å². The van der Waals surface area contributed by atoms with Crippen molar-refractivity contribution in [2.75, 3.05) is 29.6 Å². The van der Waals surface area contributed by atoms with Gasteiger partial charge in [-0.15, -0.1) is 0 Å². The molecule has 1 fully saturated rings. The van der Waals surface area contributed by atoms with E-state index >= 15 is 0 Å². The first-order valence-corrected chi connectivity index (χ1v) is 8.93. The third-order valence-corrected chi connectivity index (χ3v) is 4.34. The number of hydrogen-bond acceptors (Lipinski definition) is 5. The maximum atomic E-state index is 4.71. The van der Waals surface area contributed by atoms with Gasteiger partial charge in [0.25, 0.3) is 0 Å². The maximum absolute atomic E-state index is 4.71. The molecule has 2 N–H and O–H groups in total. The van der Waals surface area contributed by atoms with E-state index in [1.54, 1.807) is 0 Å². The first-order chi connectivity index (χ1) is 12.7. The minimum atomic E-state index is 0.542. The van der Waals surface area contributed by atoms with E-state index in [0.717, 1.165) is 28.7 Å². The summed E-state index contributed by atoms with van der Waals surface area (Å²) in [4.78, 5) is 11.5. The van der Waals surface area contributed by atoms with Crippen LogP contribution in [-0.4, -0.2) is 30.1 Å². The Morgan fingerprint density at radius 1 is 0.885 bits per heavy atom. The van der Waals surface area contributed by atoms with Gasteiger partial charge in [0.05, 0.1) is 0 Å². The molecule has 5 heteroatoms. The largest absolute Gasteiger partial charge is 0.378 e. The summed E-state index contributed by atoms with van der Waals surface area (Å²) in [6, 6.07) is 20.9. The van der Waals surface area contributed by atoms with Crippen molar-refractivity contribution in [3.63, 3.8) is 0 Å². The van der Waals surface area contributed by atoms with E-state index in [9.17, 15) is 0 Å². The molecular formula is C21H23N5. The molecule has 3 aromatic rings. The van der Waals surface area contributed by atoms with E-state index in [-0.39, 0.29) is 0 Å². The van der Waals surface area contributed by atoms with Crippen LogP contribution in [0.1, 0.15) is 12.8 Å². The van der Waals surface area contributed by atoms with Gasteiger partial charge in [-0.25, -0.2) is 9.97 Å². The Hall–Kier alpha value is -3.08. The summed E-state index contributed by atoms with van der Waals surface area (Å²) in [5, 5.41) is 6.88. The van der Waals surface area contributed by atoms with E-state index < -0.39 is 0 Å². The third kappa shape index (κ3) is 3.94. The Morgan fingerprint density at radius 2 is 1.58 bits per heavy atom. The van der Waals surface area contributed by atoms with Gasteiger partial charge < -0.3 is 15.5 Å². The summed E-state index contributed by atoms with van der Waals surface area (Å²) in [6.07, 6.45) is 2.42. The molecule has 0 radical (unpaired) electrons. The van der Waals surface area contributed by atoms with Crippen molar-refractivity contribution in [2.45, 2.75) is 18.9 Å². The molecule has 0 saturated heterocycles. The van der Waals surface area contributed by atoms with E-state index in [1.165, 1.54) is 18.5 Å². The number of benzene rings is 2. The molecule has 1 saturated carbocycles. The van der Waals surface area contributed by atoms with Crippen LogP contribution in [-0.2, 0) is 0 Å². The van der Waals surface area contributed by atoms with Crippen molar-refractivity contribution in [1.29, 1.82) is 0 Å². The zero-order valence-corrected chi connectivity index (χ0v) is 15.1. The molecule has 0 spiro atoms. The normalized spacial score (nSPS) is 13.3. The molecule has 0 atom stereocenters. The Morgan fingerprint density at radius 3 is 2.23 bits per heavy atom. The summed E-state index contributed by atoms with van der Waals surface area (Å²) < 4.78 is 0. The maximum Gasteiger partial charge on any atom is 0.163 e. The van der Waals surface area contributed by atoms with Crippen molar-refractivity contribution in [1.82, 2.24) is 9.97 Å². The van der Waals surface area contributed by atoms with Crippen LogP contribution < -0.4 is 15.5 Å². The lowest BCUT2D eigenvalue weighted by Gasteiger charge is -2.14. The van der Waals surface area contributed by atoms with E-state index in [0.29, 0.717) is 6.04 Å². The predicted molar refractivity (Wildman–Crippen MR) is 108 cm³/mol. The number of nitrogens with zero attached hydrogens (tertiary/aromatic N) is 3. The lowest BCUT2D eigenvalue weighted by molar-refractivity contribution is 1.09. The molecule has 0 unspecified atom stereocenters. The molecular weight excluding hydrogens is 322 g/mol. The molecule has 26 heavy (non-hydrogen) atoms. The van der Waals surface area contributed by atoms with Crippen molar-refractivity contribution >= 4 is 23.0 Å². The molecule has 0 aliphatic heterocycles. The van der Waals surface area contributed by atoms with Gasteiger partial charge >= 0.3 is 0 Å². The molecule has 1 aliphatic rings. The highest BCUT2D eigenvalue weighted by molar-refractivity contribution is 5.66. The molecule has 2 aromatic carbocycles. The van der Waals surface area contributed by atoms with Crippen LogP contribution >= 0.6 is 0 Å². The van der Waals surface area contributed by atoms with Gasteiger partial charge in [0, 0.05) is 43.1 Å². The second kappa shape index (κ2) is 7.04. The Kier molecular flexibility index (Phi) is 4.44. The smallest absolute Gasteiger partial charge is 0.163 e. The van der Waals surface area contributed by atoms with Crippen LogP contribution in [0.5, 0.6) is 0 Å². The molecule has 0 amide bonds. The summed E-state index contributed by atoms with van der Waals surface area (Å²) in [7, 11) is 4.07. The van der Waals surface area contributed by atoms with E-state index in [2.05, 4.69) is 39.8 Å². The van der Waals surface area contributed by atoms with Crippen LogP contribution in [0, 0.1) is 0 Å². The van der Waals surface area contributed by atoms with Gasteiger partial charge in [0.2, 0.25) is 0 Å². The van der Waals surface area contributed by atoms with E-state index in [4.69, 9.17) is 9.97 Å². The van der Waals surface area contributed by atoms with Crippen molar-refractivity contribution in [3.8, 4) is 11.4 Å². The predicted octanol–water partition coefficient (Wildman–Crippen LogP) is 4.53.